The molecule has 1 fully saturated rings. The molecule has 1 N–H and O–H groups in total. The number of carbonyl (C=O) groups is 4. The zero-order valence-corrected chi connectivity index (χ0v) is 23.3. The lowest BCUT2D eigenvalue weighted by Gasteiger charge is -2.45. The summed E-state index contributed by atoms with van der Waals surface area (Å²) in [6.45, 7) is 2.88. The maximum absolute atomic E-state index is 14.0. The SMILES string of the molecule is CC(C)[C@H](C(=O)OCC(=O)Nc1cc(Cl)ccc1Cl)N1C(=O)[C@H]2C3c4ccccc4C(c4ccccc43)[C@@H]2C1=O. The summed E-state index contributed by atoms with van der Waals surface area (Å²) in [5, 5.41) is 3.21. The molecule has 3 aromatic rings. The van der Waals surface area contributed by atoms with Crippen molar-refractivity contribution in [3.05, 3.63) is 99.0 Å². The first-order valence-electron chi connectivity index (χ1n) is 13.1. The zero-order valence-electron chi connectivity index (χ0n) is 21.8. The maximum Gasteiger partial charge on any atom is 0.330 e. The summed E-state index contributed by atoms with van der Waals surface area (Å²) in [6.07, 6.45) is 0. The third-order valence-corrected chi connectivity index (χ3v) is 8.75. The van der Waals surface area contributed by atoms with Crippen LogP contribution in [0.25, 0.3) is 0 Å². The molecule has 2 bridgehead atoms. The molecule has 1 saturated heterocycles. The first-order valence-corrected chi connectivity index (χ1v) is 13.9. The van der Waals surface area contributed by atoms with Crippen molar-refractivity contribution >= 4 is 52.6 Å². The number of carbonyl (C=O) groups excluding carboxylic acids is 4. The van der Waals surface area contributed by atoms with Crippen LogP contribution in [-0.2, 0) is 23.9 Å². The van der Waals surface area contributed by atoms with Crippen LogP contribution in [0.4, 0.5) is 5.69 Å². The molecule has 0 radical (unpaired) electrons. The van der Waals surface area contributed by atoms with E-state index >= 15 is 0 Å². The number of anilines is 1. The van der Waals surface area contributed by atoms with Crippen molar-refractivity contribution in [3.8, 4) is 0 Å². The molecule has 1 heterocycles. The molecule has 0 saturated carbocycles. The second-order valence-corrected chi connectivity index (χ2v) is 11.6. The molecule has 40 heavy (non-hydrogen) atoms. The molecule has 3 atom stereocenters. The van der Waals surface area contributed by atoms with E-state index in [1.807, 2.05) is 48.5 Å². The fraction of sp³-hybridized carbons (Fsp3) is 0.290. The van der Waals surface area contributed by atoms with Crippen molar-refractivity contribution in [3.63, 3.8) is 0 Å². The highest BCUT2D eigenvalue weighted by Gasteiger charge is 2.63. The molecule has 3 aromatic carbocycles. The molecule has 1 aliphatic heterocycles. The minimum absolute atomic E-state index is 0.275. The molecule has 7 nitrogen and oxygen atoms in total. The van der Waals surface area contributed by atoms with E-state index in [0.29, 0.717) is 5.02 Å². The number of ether oxygens (including phenoxy) is 1. The van der Waals surface area contributed by atoms with Crippen LogP contribution in [0, 0.1) is 17.8 Å². The van der Waals surface area contributed by atoms with Gasteiger partial charge in [-0.2, -0.15) is 0 Å². The van der Waals surface area contributed by atoms with E-state index in [1.54, 1.807) is 19.9 Å². The summed E-state index contributed by atoms with van der Waals surface area (Å²) < 4.78 is 5.35. The topological polar surface area (TPSA) is 92.8 Å². The number of hydrogen-bond donors (Lipinski definition) is 1. The fourth-order valence-electron chi connectivity index (χ4n) is 6.65. The number of amides is 3. The lowest BCUT2D eigenvalue weighted by atomic mass is 9.55. The molecule has 3 aliphatic carbocycles. The normalized spacial score (nSPS) is 23.0. The van der Waals surface area contributed by atoms with Crippen molar-refractivity contribution < 1.29 is 23.9 Å². The Morgan fingerprint density at radius 2 is 1.35 bits per heavy atom. The molecule has 7 rings (SSSR count). The van der Waals surface area contributed by atoms with Crippen molar-refractivity contribution in [2.24, 2.45) is 17.8 Å². The molecule has 0 unspecified atom stereocenters. The van der Waals surface area contributed by atoms with Crippen molar-refractivity contribution in [1.29, 1.82) is 0 Å². The minimum atomic E-state index is -1.17. The summed E-state index contributed by atoms with van der Waals surface area (Å²) in [6, 6.07) is 19.3. The maximum atomic E-state index is 14.0. The fourth-order valence-corrected chi connectivity index (χ4v) is 6.99. The lowest BCUT2D eigenvalue weighted by molar-refractivity contribution is -0.162. The predicted octanol–water partition coefficient (Wildman–Crippen LogP) is 5.39. The number of benzene rings is 3. The first-order chi connectivity index (χ1) is 19.2. The van der Waals surface area contributed by atoms with Gasteiger partial charge in [0.25, 0.3) is 5.91 Å². The second kappa shape index (κ2) is 10.1. The van der Waals surface area contributed by atoms with Gasteiger partial charge in [0, 0.05) is 16.9 Å². The number of nitrogens with one attached hydrogen (secondary N) is 1. The van der Waals surface area contributed by atoms with Crippen LogP contribution < -0.4 is 5.32 Å². The second-order valence-electron chi connectivity index (χ2n) is 10.8. The monoisotopic (exact) mass is 576 g/mol. The minimum Gasteiger partial charge on any atom is -0.454 e. The summed E-state index contributed by atoms with van der Waals surface area (Å²) in [7, 11) is 0. The van der Waals surface area contributed by atoms with Crippen molar-refractivity contribution in [2.75, 3.05) is 11.9 Å². The summed E-state index contributed by atoms with van der Waals surface area (Å²) in [5.41, 5.74) is 4.48. The number of halogens is 2. The Morgan fingerprint density at radius 3 is 1.82 bits per heavy atom. The van der Waals surface area contributed by atoms with Gasteiger partial charge in [-0.25, -0.2) is 4.79 Å². The van der Waals surface area contributed by atoms with E-state index < -0.39 is 42.3 Å². The third-order valence-electron chi connectivity index (χ3n) is 8.18. The Labute approximate surface area is 241 Å². The zero-order chi connectivity index (χ0) is 28.3. The van der Waals surface area contributed by atoms with Gasteiger partial charge in [0.05, 0.1) is 22.5 Å². The van der Waals surface area contributed by atoms with E-state index in [9.17, 15) is 19.2 Å². The number of hydrogen-bond acceptors (Lipinski definition) is 5. The van der Waals surface area contributed by atoms with E-state index in [-0.39, 0.29) is 34.4 Å². The van der Waals surface area contributed by atoms with Crippen LogP contribution in [0.5, 0.6) is 0 Å². The predicted molar refractivity (Wildman–Crippen MR) is 150 cm³/mol. The summed E-state index contributed by atoms with van der Waals surface area (Å²) >= 11 is 12.1. The lowest BCUT2D eigenvalue weighted by Crippen LogP contribution is -2.49. The number of likely N-dealkylation sites (tertiary alicyclic amines) is 1. The van der Waals surface area contributed by atoms with Gasteiger partial charge in [-0.3, -0.25) is 19.3 Å². The quantitative estimate of drug-likeness (QED) is 0.313. The number of esters is 1. The average molecular weight is 577 g/mol. The Bertz CT molecular complexity index is 1460. The highest BCUT2D eigenvalue weighted by atomic mass is 35.5. The third kappa shape index (κ3) is 4.11. The van der Waals surface area contributed by atoms with Crippen molar-refractivity contribution in [2.45, 2.75) is 31.7 Å². The highest BCUT2D eigenvalue weighted by Crippen LogP contribution is 2.61. The molecular weight excluding hydrogens is 551 g/mol. The van der Waals surface area contributed by atoms with Gasteiger partial charge in [0.1, 0.15) is 6.04 Å². The van der Waals surface area contributed by atoms with Gasteiger partial charge in [-0.1, -0.05) is 85.6 Å². The molecule has 0 aromatic heterocycles. The summed E-state index contributed by atoms with van der Waals surface area (Å²) in [4.78, 5) is 55.1. The average Bonchev–Trinajstić information content (AvgIpc) is 3.20. The summed E-state index contributed by atoms with van der Waals surface area (Å²) in [5.74, 6) is -4.40. The van der Waals surface area contributed by atoms with Gasteiger partial charge in [0.2, 0.25) is 11.8 Å². The molecule has 9 heteroatoms. The first kappa shape index (κ1) is 26.5. The standard InChI is InChI=1S/C31H26Cl2N2O5/c1-15(2)28(31(39)40-14-23(36)34-22-13-16(32)11-12-21(22)33)35-29(37)26-24-17-7-3-4-8-18(17)25(27(26)30(35)38)20-10-6-5-9-19(20)24/h3-13,15,24-28H,14H2,1-2H3,(H,34,36)/t24?,25?,26-,27-,28+/m0/s1. The van der Waals surface area contributed by atoms with Gasteiger partial charge in [-0.05, 0) is 46.4 Å². The van der Waals surface area contributed by atoms with E-state index in [2.05, 4.69) is 5.32 Å². The molecule has 0 spiro atoms. The van der Waals surface area contributed by atoms with Crippen LogP contribution >= 0.6 is 23.2 Å². The van der Waals surface area contributed by atoms with E-state index in [0.717, 1.165) is 27.2 Å². The molecule has 204 valence electrons. The smallest absolute Gasteiger partial charge is 0.330 e. The number of imide groups is 1. The van der Waals surface area contributed by atoms with Crippen LogP contribution in [0.1, 0.15) is 47.9 Å². The van der Waals surface area contributed by atoms with E-state index in [1.165, 1.54) is 12.1 Å². The van der Waals surface area contributed by atoms with Crippen LogP contribution in [0.15, 0.2) is 66.7 Å². The van der Waals surface area contributed by atoms with Gasteiger partial charge < -0.3 is 10.1 Å². The van der Waals surface area contributed by atoms with Crippen LogP contribution in [-0.4, -0.2) is 41.2 Å². The Balaban J connectivity index is 1.26. The Hall–Kier alpha value is -3.68. The molecule has 4 aliphatic rings. The van der Waals surface area contributed by atoms with Gasteiger partial charge in [-0.15, -0.1) is 0 Å². The number of nitrogens with zero attached hydrogens (tertiary/aromatic N) is 1. The van der Waals surface area contributed by atoms with E-state index in [4.69, 9.17) is 27.9 Å². The molecular formula is C31H26Cl2N2O5. The van der Waals surface area contributed by atoms with Crippen LogP contribution in [0.3, 0.4) is 0 Å². The largest absolute Gasteiger partial charge is 0.454 e. The van der Waals surface area contributed by atoms with Gasteiger partial charge >= 0.3 is 5.97 Å². The Kier molecular flexibility index (Phi) is 6.67. The highest BCUT2D eigenvalue weighted by molar-refractivity contribution is 6.35. The number of rotatable bonds is 6. The van der Waals surface area contributed by atoms with Crippen LogP contribution in [0.2, 0.25) is 10.0 Å². The van der Waals surface area contributed by atoms with Crippen molar-refractivity contribution in [1.82, 2.24) is 4.90 Å². The Morgan fingerprint density at radius 1 is 0.850 bits per heavy atom. The van der Waals surface area contributed by atoms with Gasteiger partial charge in [0.15, 0.2) is 6.61 Å². The molecule has 3 amide bonds.